The van der Waals surface area contributed by atoms with E-state index < -0.39 is 6.10 Å². The van der Waals surface area contributed by atoms with Crippen molar-refractivity contribution in [2.75, 3.05) is 19.6 Å². The zero-order valence-corrected chi connectivity index (χ0v) is 13.4. The molecule has 0 aromatic heterocycles. The van der Waals surface area contributed by atoms with Crippen LogP contribution in [0.15, 0.2) is 24.3 Å². The second kappa shape index (κ2) is 6.06. The lowest BCUT2D eigenvalue weighted by molar-refractivity contribution is 0.141. The van der Waals surface area contributed by atoms with Crippen LogP contribution in [0.5, 0.6) is 0 Å². The number of carbonyl (C=O) groups excluding carboxylic acids is 1. The number of benzene rings is 1. The molecule has 1 saturated heterocycles. The van der Waals surface area contributed by atoms with Crippen LogP contribution in [0.25, 0.3) is 0 Å². The number of rotatable bonds is 3. The van der Waals surface area contributed by atoms with Crippen LogP contribution < -0.4 is 5.32 Å². The van der Waals surface area contributed by atoms with Crippen molar-refractivity contribution in [2.24, 2.45) is 0 Å². The Kier molecular flexibility index (Phi) is 4.57. The van der Waals surface area contributed by atoms with E-state index in [1.54, 1.807) is 11.8 Å². The molecule has 4 heteroatoms. The fraction of sp³-hybridized carbons (Fsp3) is 0.588. The maximum absolute atomic E-state index is 11.8. The highest BCUT2D eigenvalue weighted by molar-refractivity contribution is 5.75. The molecule has 2 N–H and O–H groups in total. The molecular weight excluding hydrogens is 264 g/mol. The first-order valence-corrected chi connectivity index (χ1v) is 7.58. The lowest BCUT2D eigenvalue weighted by atomic mass is 9.84. The lowest BCUT2D eigenvalue weighted by Crippen LogP contribution is -2.53. The monoisotopic (exact) mass is 290 g/mol. The Labute approximate surface area is 127 Å². The molecule has 2 amide bonds. The highest BCUT2D eigenvalue weighted by Gasteiger charge is 2.31. The van der Waals surface area contributed by atoms with Crippen LogP contribution >= 0.6 is 0 Å². The Morgan fingerprint density at radius 3 is 2.38 bits per heavy atom. The van der Waals surface area contributed by atoms with Crippen LogP contribution in [0.4, 0.5) is 4.79 Å². The average Bonchev–Trinajstić information content (AvgIpc) is 2.34. The molecule has 2 rings (SSSR count). The number of urea groups is 1. The standard InChI is InChI=1S/C17H26N2O2/c1-12(20)9-18-16(21)19-10-14(11-19)13-5-7-15(8-6-13)17(2,3)4/h5-8,12,14,20H,9-11H2,1-4H3,(H,18,21)/t12-/m1/s1. The normalized spacial score (nSPS) is 17.3. The molecule has 0 unspecified atom stereocenters. The number of aliphatic hydroxyl groups excluding tert-OH is 1. The molecule has 4 nitrogen and oxygen atoms in total. The fourth-order valence-electron chi connectivity index (χ4n) is 2.46. The molecule has 21 heavy (non-hydrogen) atoms. The molecule has 1 fully saturated rings. The van der Waals surface area contributed by atoms with Gasteiger partial charge in [-0.25, -0.2) is 4.79 Å². The number of likely N-dealkylation sites (tertiary alicyclic amines) is 1. The summed E-state index contributed by atoms with van der Waals surface area (Å²) in [7, 11) is 0. The molecular formula is C17H26N2O2. The number of hydrogen-bond donors (Lipinski definition) is 2. The summed E-state index contributed by atoms with van der Waals surface area (Å²) in [5.74, 6) is 0.427. The minimum atomic E-state index is -0.504. The predicted octanol–water partition coefficient (Wildman–Crippen LogP) is 2.47. The van der Waals surface area contributed by atoms with Crippen molar-refractivity contribution in [1.29, 1.82) is 0 Å². The van der Waals surface area contributed by atoms with Crippen molar-refractivity contribution < 1.29 is 9.90 Å². The number of amides is 2. The van der Waals surface area contributed by atoms with Gasteiger partial charge in [-0.2, -0.15) is 0 Å². The van der Waals surface area contributed by atoms with Gasteiger partial charge < -0.3 is 15.3 Å². The molecule has 1 aliphatic rings. The van der Waals surface area contributed by atoms with Crippen LogP contribution in [-0.2, 0) is 5.41 Å². The summed E-state index contributed by atoms with van der Waals surface area (Å²) < 4.78 is 0. The van der Waals surface area contributed by atoms with Gasteiger partial charge in [-0.15, -0.1) is 0 Å². The van der Waals surface area contributed by atoms with E-state index in [9.17, 15) is 4.79 Å². The minimum Gasteiger partial charge on any atom is -0.392 e. The molecule has 0 saturated carbocycles. The summed E-state index contributed by atoms with van der Waals surface area (Å²) in [6, 6.07) is 8.64. The largest absolute Gasteiger partial charge is 0.392 e. The number of hydrogen-bond acceptors (Lipinski definition) is 2. The summed E-state index contributed by atoms with van der Waals surface area (Å²) in [5, 5.41) is 11.9. The maximum atomic E-state index is 11.8. The molecule has 1 heterocycles. The van der Waals surface area contributed by atoms with Crippen molar-refractivity contribution in [2.45, 2.75) is 45.1 Å². The average molecular weight is 290 g/mol. The Morgan fingerprint density at radius 2 is 1.90 bits per heavy atom. The van der Waals surface area contributed by atoms with Crippen molar-refractivity contribution in [3.05, 3.63) is 35.4 Å². The molecule has 1 aliphatic heterocycles. The summed E-state index contributed by atoms with van der Waals surface area (Å²) in [6.07, 6.45) is -0.504. The summed E-state index contributed by atoms with van der Waals surface area (Å²) in [4.78, 5) is 13.6. The number of aliphatic hydroxyl groups is 1. The van der Waals surface area contributed by atoms with Crippen LogP contribution in [0.2, 0.25) is 0 Å². The van der Waals surface area contributed by atoms with E-state index in [1.165, 1.54) is 11.1 Å². The molecule has 0 radical (unpaired) electrons. The van der Waals surface area contributed by atoms with E-state index in [0.29, 0.717) is 12.5 Å². The van der Waals surface area contributed by atoms with Gasteiger partial charge in [-0.05, 0) is 23.5 Å². The molecule has 0 aliphatic carbocycles. The second-order valence-corrected chi connectivity index (χ2v) is 7.01. The highest BCUT2D eigenvalue weighted by Crippen LogP contribution is 2.29. The van der Waals surface area contributed by atoms with Crippen LogP contribution in [-0.4, -0.2) is 41.8 Å². The summed E-state index contributed by atoms with van der Waals surface area (Å²) in [6.45, 7) is 10.1. The maximum Gasteiger partial charge on any atom is 0.317 e. The van der Waals surface area contributed by atoms with Gasteiger partial charge in [-0.1, -0.05) is 45.0 Å². The smallest absolute Gasteiger partial charge is 0.317 e. The van der Waals surface area contributed by atoms with Gasteiger partial charge in [0.05, 0.1) is 6.10 Å². The third-order valence-corrected chi connectivity index (χ3v) is 3.97. The van der Waals surface area contributed by atoms with Gasteiger partial charge in [0.1, 0.15) is 0 Å². The van der Waals surface area contributed by atoms with Crippen molar-refractivity contribution in [3.8, 4) is 0 Å². The molecule has 0 spiro atoms. The fourth-order valence-corrected chi connectivity index (χ4v) is 2.46. The van der Waals surface area contributed by atoms with Gasteiger partial charge in [0.25, 0.3) is 0 Å². The summed E-state index contributed by atoms with van der Waals surface area (Å²) in [5.41, 5.74) is 2.80. The second-order valence-electron chi connectivity index (χ2n) is 7.01. The van der Waals surface area contributed by atoms with Gasteiger partial charge in [0, 0.05) is 25.6 Å². The molecule has 1 aromatic rings. The Balaban J connectivity index is 1.85. The van der Waals surface area contributed by atoms with Gasteiger partial charge in [-0.3, -0.25) is 0 Å². The first-order chi connectivity index (χ1) is 9.77. The first-order valence-electron chi connectivity index (χ1n) is 7.58. The SMILES string of the molecule is C[C@@H](O)CNC(=O)N1CC(c2ccc(C(C)(C)C)cc2)C1. The van der Waals surface area contributed by atoms with Crippen molar-refractivity contribution in [1.82, 2.24) is 10.2 Å². The van der Waals surface area contributed by atoms with E-state index >= 15 is 0 Å². The third kappa shape index (κ3) is 3.97. The summed E-state index contributed by atoms with van der Waals surface area (Å²) >= 11 is 0. The quantitative estimate of drug-likeness (QED) is 0.898. The molecule has 1 atom stereocenters. The first kappa shape index (κ1) is 15.8. The van der Waals surface area contributed by atoms with E-state index in [0.717, 1.165) is 13.1 Å². The number of nitrogens with zero attached hydrogens (tertiary/aromatic N) is 1. The zero-order valence-electron chi connectivity index (χ0n) is 13.4. The highest BCUT2D eigenvalue weighted by atomic mass is 16.3. The topological polar surface area (TPSA) is 52.6 Å². The lowest BCUT2D eigenvalue weighted by Gasteiger charge is -2.39. The van der Waals surface area contributed by atoms with Crippen LogP contribution in [0.3, 0.4) is 0 Å². The molecule has 1 aromatic carbocycles. The van der Waals surface area contributed by atoms with E-state index in [2.05, 4.69) is 50.4 Å². The van der Waals surface area contributed by atoms with E-state index in [-0.39, 0.29) is 11.4 Å². The zero-order chi connectivity index (χ0) is 15.6. The number of carbonyl (C=O) groups is 1. The van der Waals surface area contributed by atoms with Crippen LogP contribution in [0.1, 0.15) is 44.7 Å². The van der Waals surface area contributed by atoms with Gasteiger partial charge in [0.2, 0.25) is 0 Å². The Morgan fingerprint density at radius 1 is 1.33 bits per heavy atom. The Hall–Kier alpha value is -1.55. The van der Waals surface area contributed by atoms with Crippen molar-refractivity contribution >= 4 is 6.03 Å². The Bertz CT molecular complexity index is 483. The van der Waals surface area contributed by atoms with Crippen LogP contribution in [0, 0.1) is 0 Å². The van der Waals surface area contributed by atoms with E-state index in [1.807, 2.05) is 0 Å². The minimum absolute atomic E-state index is 0.0848. The predicted molar refractivity (Wildman–Crippen MR) is 84.5 cm³/mol. The third-order valence-electron chi connectivity index (χ3n) is 3.97. The number of nitrogens with one attached hydrogen (secondary N) is 1. The molecule has 0 bridgehead atoms. The molecule has 116 valence electrons. The van der Waals surface area contributed by atoms with E-state index in [4.69, 9.17) is 5.11 Å². The van der Waals surface area contributed by atoms with Gasteiger partial charge >= 0.3 is 6.03 Å². The van der Waals surface area contributed by atoms with Gasteiger partial charge in [0.15, 0.2) is 0 Å². The van der Waals surface area contributed by atoms with Crippen molar-refractivity contribution in [3.63, 3.8) is 0 Å².